The van der Waals surface area contributed by atoms with Crippen molar-refractivity contribution in [2.24, 2.45) is 5.92 Å². The fraction of sp³-hybridized carbons (Fsp3) is 0.417. The SMILES string of the molecule is Cc1ccc(NC(=O)C2CCN(S(=O)(=O)c3cc4c(cc3C)NC(=O)[C@H](C)O4)CC2)cc1C. The third-order valence-corrected chi connectivity index (χ3v) is 8.47. The number of rotatable bonds is 4. The van der Waals surface area contributed by atoms with E-state index in [2.05, 4.69) is 10.6 Å². The second-order valence-corrected chi connectivity index (χ2v) is 10.7. The van der Waals surface area contributed by atoms with E-state index in [9.17, 15) is 18.0 Å². The van der Waals surface area contributed by atoms with Gasteiger partial charge in [0.1, 0.15) is 5.75 Å². The van der Waals surface area contributed by atoms with E-state index in [1.165, 1.54) is 10.4 Å². The number of nitrogens with one attached hydrogen (secondary N) is 2. The predicted octanol–water partition coefficient (Wildman–Crippen LogP) is 3.37. The van der Waals surface area contributed by atoms with Crippen LogP contribution in [0.25, 0.3) is 0 Å². The van der Waals surface area contributed by atoms with E-state index in [1.807, 2.05) is 32.0 Å². The van der Waals surface area contributed by atoms with Crippen molar-refractivity contribution in [1.29, 1.82) is 0 Å². The molecule has 1 saturated heterocycles. The predicted molar refractivity (Wildman–Crippen MR) is 126 cm³/mol. The summed E-state index contributed by atoms with van der Waals surface area (Å²) in [5, 5.41) is 5.69. The second kappa shape index (κ2) is 8.79. The lowest BCUT2D eigenvalue weighted by Crippen LogP contribution is -2.41. The molecule has 0 aromatic heterocycles. The van der Waals surface area contributed by atoms with Crippen LogP contribution in [-0.2, 0) is 19.6 Å². The van der Waals surface area contributed by atoms with Crippen molar-refractivity contribution in [3.63, 3.8) is 0 Å². The number of carbonyl (C=O) groups is 2. The molecule has 0 spiro atoms. The van der Waals surface area contributed by atoms with Gasteiger partial charge in [-0.25, -0.2) is 8.42 Å². The first-order valence-corrected chi connectivity index (χ1v) is 12.5. The fourth-order valence-corrected chi connectivity index (χ4v) is 5.87. The summed E-state index contributed by atoms with van der Waals surface area (Å²) in [6, 6.07) is 8.89. The van der Waals surface area contributed by atoms with Gasteiger partial charge in [0.15, 0.2) is 6.10 Å². The third-order valence-electron chi connectivity index (χ3n) is 6.42. The van der Waals surface area contributed by atoms with Crippen LogP contribution in [0.2, 0.25) is 0 Å². The van der Waals surface area contributed by atoms with Crippen LogP contribution in [0.3, 0.4) is 0 Å². The molecule has 1 fully saturated rings. The van der Waals surface area contributed by atoms with Gasteiger partial charge < -0.3 is 15.4 Å². The lowest BCUT2D eigenvalue weighted by Gasteiger charge is -2.31. The summed E-state index contributed by atoms with van der Waals surface area (Å²) in [6.07, 6.45) is 0.204. The molecular formula is C24H29N3O5S. The van der Waals surface area contributed by atoms with Crippen LogP contribution in [0.5, 0.6) is 5.75 Å². The smallest absolute Gasteiger partial charge is 0.265 e. The van der Waals surface area contributed by atoms with E-state index in [-0.39, 0.29) is 35.7 Å². The standard InChI is InChI=1S/C24H29N3O5S/c1-14-5-6-19(11-15(14)2)25-24(29)18-7-9-27(10-8-18)33(30,31)22-13-21-20(12-16(22)3)26-23(28)17(4)32-21/h5-6,11-13,17-18H,7-10H2,1-4H3,(H,25,29)(H,26,28)/t17-/m0/s1. The zero-order valence-electron chi connectivity index (χ0n) is 19.3. The topological polar surface area (TPSA) is 105 Å². The second-order valence-electron chi connectivity index (χ2n) is 8.83. The molecule has 0 aliphatic carbocycles. The van der Waals surface area contributed by atoms with Crippen LogP contribution in [0.1, 0.15) is 36.5 Å². The lowest BCUT2D eigenvalue weighted by atomic mass is 9.97. The number of benzene rings is 2. The molecule has 33 heavy (non-hydrogen) atoms. The van der Waals surface area contributed by atoms with Gasteiger partial charge in [0.05, 0.1) is 10.6 Å². The highest BCUT2D eigenvalue weighted by atomic mass is 32.2. The number of carbonyl (C=O) groups excluding carboxylic acids is 2. The Kier molecular flexibility index (Phi) is 6.20. The fourth-order valence-electron chi connectivity index (χ4n) is 4.18. The molecule has 2 aromatic rings. The zero-order valence-corrected chi connectivity index (χ0v) is 20.1. The van der Waals surface area contributed by atoms with Crippen LogP contribution in [0.4, 0.5) is 11.4 Å². The molecular weight excluding hydrogens is 442 g/mol. The number of hydrogen-bond acceptors (Lipinski definition) is 5. The normalized spacial score (nSPS) is 19.4. The Morgan fingerprint density at radius 1 is 1.06 bits per heavy atom. The maximum absolute atomic E-state index is 13.4. The van der Waals surface area contributed by atoms with Gasteiger partial charge >= 0.3 is 0 Å². The molecule has 4 rings (SSSR count). The van der Waals surface area contributed by atoms with E-state index in [0.29, 0.717) is 29.8 Å². The Morgan fingerprint density at radius 2 is 1.76 bits per heavy atom. The van der Waals surface area contributed by atoms with Gasteiger partial charge in [-0.3, -0.25) is 9.59 Å². The van der Waals surface area contributed by atoms with Crippen molar-refractivity contribution >= 4 is 33.2 Å². The van der Waals surface area contributed by atoms with Gasteiger partial charge in [-0.15, -0.1) is 0 Å². The molecule has 2 aromatic carbocycles. The maximum Gasteiger partial charge on any atom is 0.265 e. The van der Waals surface area contributed by atoms with Crippen LogP contribution in [0.15, 0.2) is 35.2 Å². The molecule has 9 heteroatoms. The average Bonchev–Trinajstić information content (AvgIpc) is 2.77. The molecule has 176 valence electrons. The quantitative estimate of drug-likeness (QED) is 0.711. The number of ether oxygens (including phenoxy) is 1. The van der Waals surface area contributed by atoms with Crippen molar-refractivity contribution in [2.75, 3.05) is 23.7 Å². The van der Waals surface area contributed by atoms with Gasteiger partial charge in [0.2, 0.25) is 15.9 Å². The minimum absolute atomic E-state index is 0.0848. The number of piperidine rings is 1. The van der Waals surface area contributed by atoms with Crippen LogP contribution < -0.4 is 15.4 Å². The van der Waals surface area contributed by atoms with Gasteiger partial charge in [0, 0.05) is 30.8 Å². The molecule has 0 unspecified atom stereocenters. The van der Waals surface area contributed by atoms with E-state index in [4.69, 9.17) is 4.74 Å². The monoisotopic (exact) mass is 471 g/mol. The molecule has 1 atom stereocenters. The summed E-state index contributed by atoms with van der Waals surface area (Å²) >= 11 is 0. The van der Waals surface area contributed by atoms with Crippen molar-refractivity contribution < 1.29 is 22.7 Å². The van der Waals surface area contributed by atoms with Gasteiger partial charge in [-0.1, -0.05) is 6.07 Å². The average molecular weight is 472 g/mol. The maximum atomic E-state index is 13.4. The molecule has 0 radical (unpaired) electrons. The van der Waals surface area contributed by atoms with Crippen LogP contribution >= 0.6 is 0 Å². The number of sulfonamides is 1. The number of fused-ring (bicyclic) bond motifs is 1. The lowest BCUT2D eigenvalue weighted by molar-refractivity contribution is -0.123. The van der Waals surface area contributed by atoms with E-state index < -0.39 is 16.1 Å². The molecule has 2 heterocycles. The van der Waals surface area contributed by atoms with Crippen molar-refractivity contribution in [3.8, 4) is 5.75 Å². The molecule has 2 aliphatic rings. The Bertz CT molecular complexity index is 1220. The summed E-state index contributed by atoms with van der Waals surface area (Å²) in [6.45, 7) is 7.84. The Balaban J connectivity index is 1.45. The molecule has 2 N–H and O–H groups in total. The third kappa shape index (κ3) is 4.60. The highest BCUT2D eigenvalue weighted by Gasteiger charge is 2.34. The highest BCUT2D eigenvalue weighted by molar-refractivity contribution is 7.89. The summed E-state index contributed by atoms with van der Waals surface area (Å²) in [5.74, 6) is -0.256. The summed E-state index contributed by atoms with van der Waals surface area (Å²) in [7, 11) is -3.77. The first kappa shape index (κ1) is 23.3. The number of anilines is 2. The molecule has 2 aliphatic heterocycles. The van der Waals surface area contributed by atoms with Gasteiger partial charge in [-0.05, 0) is 75.4 Å². The van der Waals surface area contributed by atoms with E-state index in [1.54, 1.807) is 19.9 Å². The zero-order chi connectivity index (χ0) is 23.9. The minimum atomic E-state index is -3.77. The first-order chi connectivity index (χ1) is 15.6. The van der Waals surface area contributed by atoms with Crippen LogP contribution in [0, 0.1) is 26.7 Å². The summed E-state index contributed by atoms with van der Waals surface area (Å²) in [4.78, 5) is 24.7. The van der Waals surface area contributed by atoms with Gasteiger partial charge in [-0.2, -0.15) is 4.31 Å². The number of amides is 2. The summed E-state index contributed by atoms with van der Waals surface area (Å²) < 4.78 is 33.7. The molecule has 8 nitrogen and oxygen atoms in total. The summed E-state index contributed by atoms with van der Waals surface area (Å²) in [5.41, 5.74) is 4.01. The minimum Gasteiger partial charge on any atom is -0.479 e. The van der Waals surface area contributed by atoms with Crippen LogP contribution in [-0.4, -0.2) is 43.7 Å². The van der Waals surface area contributed by atoms with E-state index in [0.717, 1.165) is 16.8 Å². The number of nitrogens with zero attached hydrogens (tertiary/aromatic N) is 1. The highest BCUT2D eigenvalue weighted by Crippen LogP contribution is 2.36. The molecule has 2 amide bonds. The number of aryl methyl sites for hydroxylation is 3. The Morgan fingerprint density at radius 3 is 2.42 bits per heavy atom. The van der Waals surface area contributed by atoms with Crippen molar-refractivity contribution in [3.05, 3.63) is 47.0 Å². The largest absolute Gasteiger partial charge is 0.479 e. The van der Waals surface area contributed by atoms with Crippen molar-refractivity contribution in [1.82, 2.24) is 4.31 Å². The van der Waals surface area contributed by atoms with E-state index >= 15 is 0 Å². The Hall–Kier alpha value is -2.91. The molecule has 0 bridgehead atoms. The Labute approximate surface area is 194 Å². The van der Waals surface area contributed by atoms with Gasteiger partial charge in [0.25, 0.3) is 5.91 Å². The number of hydrogen-bond donors (Lipinski definition) is 2. The first-order valence-electron chi connectivity index (χ1n) is 11.1. The molecule has 0 saturated carbocycles. The van der Waals surface area contributed by atoms with Crippen molar-refractivity contribution in [2.45, 2.75) is 51.5 Å².